The molecule has 2 aromatic carbocycles. The molecule has 1 heterocycles. The molecule has 1 nitrogen and oxygen atoms in total. The number of furan rings is 1. The first-order chi connectivity index (χ1) is 11.8. The molecule has 0 aliphatic heterocycles. The second kappa shape index (κ2) is 8.73. The fourth-order valence-corrected chi connectivity index (χ4v) is 2.60. The monoisotopic (exact) mass is 316 g/mol. The van der Waals surface area contributed by atoms with Crippen molar-refractivity contribution in [3.05, 3.63) is 84.4 Å². The van der Waals surface area contributed by atoms with E-state index in [4.69, 9.17) is 4.42 Å². The summed E-state index contributed by atoms with van der Waals surface area (Å²) in [5.41, 5.74) is 4.23. The topological polar surface area (TPSA) is 13.1 Å². The lowest BCUT2D eigenvalue weighted by atomic mass is 10.0. The predicted octanol–water partition coefficient (Wildman–Crippen LogP) is 7.32. The van der Waals surface area contributed by atoms with Crippen molar-refractivity contribution < 1.29 is 4.42 Å². The zero-order valence-corrected chi connectivity index (χ0v) is 14.6. The molecule has 0 radical (unpaired) electrons. The minimum absolute atomic E-state index is 0.863. The summed E-state index contributed by atoms with van der Waals surface area (Å²) < 4.78 is 6.24. The van der Waals surface area contributed by atoms with Crippen molar-refractivity contribution in [1.29, 1.82) is 0 Å². The molecular formula is C23H24O. The van der Waals surface area contributed by atoms with Gasteiger partial charge in [-0.05, 0) is 6.92 Å². The van der Waals surface area contributed by atoms with Crippen LogP contribution in [-0.4, -0.2) is 0 Å². The highest BCUT2D eigenvalue weighted by Crippen LogP contribution is 2.38. The van der Waals surface area contributed by atoms with Gasteiger partial charge < -0.3 is 4.42 Å². The Bertz CT molecular complexity index is 793. The second-order valence-electron chi connectivity index (χ2n) is 5.02. The third-order valence-corrected chi connectivity index (χ3v) is 3.59. The van der Waals surface area contributed by atoms with Crippen LogP contribution in [0, 0.1) is 0 Å². The van der Waals surface area contributed by atoms with Crippen molar-refractivity contribution in [2.45, 2.75) is 20.8 Å². The Morgan fingerprint density at radius 3 is 1.62 bits per heavy atom. The van der Waals surface area contributed by atoms with Crippen LogP contribution in [-0.2, 0) is 0 Å². The molecule has 0 atom stereocenters. The third-order valence-electron chi connectivity index (χ3n) is 3.59. The minimum Gasteiger partial charge on any atom is -0.455 e. The normalized spacial score (nSPS) is 10.3. The van der Waals surface area contributed by atoms with E-state index in [1.54, 1.807) is 0 Å². The Kier molecular flexibility index (Phi) is 6.39. The molecule has 0 unspecified atom stereocenters. The average molecular weight is 316 g/mol. The SMILES string of the molecule is C=Cc1c(-c2ccccc2)oc(-c2ccccc2)c1/C=C\C.CC. The first-order valence-corrected chi connectivity index (χ1v) is 8.38. The molecule has 0 saturated carbocycles. The molecular weight excluding hydrogens is 292 g/mol. The molecule has 0 N–H and O–H groups in total. The highest BCUT2D eigenvalue weighted by atomic mass is 16.3. The van der Waals surface area contributed by atoms with E-state index in [0.29, 0.717) is 0 Å². The van der Waals surface area contributed by atoms with Crippen molar-refractivity contribution in [2.24, 2.45) is 0 Å². The van der Waals surface area contributed by atoms with Crippen LogP contribution in [0.1, 0.15) is 31.9 Å². The average Bonchev–Trinajstić information content (AvgIpc) is 3.03. The lowest BCUT2D eigenvalue weighted by Crippen LogP contribution is -1.80. The van der Waals surface area contributed by atoms with E-state index in [0.717, 1.165) is 33.8 Å². The summed E-state index contributed by atoms with van der Waals surface area (Å²) in [4.78, 5) is 0. The molecule has 0 aliphatic carbocycles. The summed E-state index contributed by atoms with van der Waals surface area (Å²) in [7, 11) is 0. The largest absolute Gasteiger partial charge is 0.455 e. The molecule has 1 aromatic heterocycles. The van der Waals surface area contributed by atoms with E-state index >= 15 is 0 Å². The summed E-state index contributed by atoms with van der Waals surface area (Å²) in [6.45, 7) is 9.98. The molecule has 0 bridgehead atoms. The summed E-state index contributed by atoms with van der Waals surface area (Å²) in [5, 5.41) is 0. The van der Waals surface area contributed by atoms with E-state index in [9.17, 15) is 0 Å². The van der Waals surface area contributed by atoms with E-state index in [2.05, 4.69) is 36.9 Å². The van der Waals surface area contributed by atoms with Gasteiger partial charge in [0, 0.05) is 22.3 Å². The fraction of sp³-hybridized carbons (Fsp3) is 0.130. The highest BCUT2D eigenvalue weighted by Gasteiger charge is 2.18. The number of benzene rings is 2. The van der Waals surface area contributed by atoms with Crippen molar-refractivity contribution in [2.75, 3.05) is 0 Å². The molecule has 1 heteroatoms. The smallest absolute Gasteiger partial charge is 0.142 e. The van der Waals surface area contributed by atoms with Crippen molar-refractivity contribution in [3.8, 4) is 22.6 Å². The van der Waals surface area contributed by atoms with Gasteiger partial charge >= 0.3 is 0 Å². The molecule has 0 amide bonds. The maximum atomic E-state index is 6.24. The Hall–Kier alpha value is -2.80. The van der Waals surface area contributed by atoms with Gasteiger partial charge in [0.25, 0.3) is 0 Å². The van der Waals surface area contributed by atoms with E-state index in [-0.39, 0.29) is 0 Å². The van der Waals surface area contributed by atoms with Gasteiger partial charge in [0.15, 0.2) is 0 Å². The van der Waals surface area contributed by atoms with Gasteiger partial charge in [0.2, 0.25) is 0 Å². The second-order valence-corrected chi connectivity index (χ2v) is 5.02. The van der Waals surface area contributed by atoms with Crippen LogP contribution < -0.4 is 0 Å². The van der Waals surface area contributed by atoms with Crippen LogP contribution in [0.5, 0.6) is 0 Å². The standard InChI is InChI=1S/C21H18O.C2H6/c1-3-11-19-18(4-2)20(16-12-7-5-8-13-16)22-21(19)17-14-9-6-10-15-17;1-2/h3-15H,2H2,1H3;1-2H3/b11-3-;. The molecule has 0 aliphatic rings. The zero-order valence-electron chi connectivity index (χ0n) is 14.6. The van der Waals surface area contributed by atoms with Gasteiger partial charge in [-0.25, -0.2) is 0 Å². The lowest BCUT2D eigenvalue weighted by Gasteiger charge is -1.99. The fourth-order valence-electron chi connectivity index (χ4n) is 2.60. The van der Waals surface area contributed by atoms with Crippen LogP contribution in [0.3, 0.4) is 0 Å². The first-order valence-electron chi connectivity index (χ1n) is 8.38. The van der Waals surface area contributed by atoms with Crippen LogP contribution in [0.15, 0.2) is 77.7 Å². The number of rotatable bonds is 4. The summed E-state index contributed by atoms with van der Waals surface area (Å²) in [6, 6.07) is 20.3. The van der Waals surface area contributed by atoms with E-state index in [1.807, 2.05) is 69.3 Å². The number of hydrogen-bond acceptors (Lipinski definition) is 1. The van der Waals surface area contributed by atoms with Crippen LogP contribution >= 0.6 is 0 Å². The first kappa shape index (κ1) is 17.6. The van der Waals surface area contributed by atoms with Gasteiger partial charge in [-0.15, -0.1) is 0 Å². The molecule has 0 saturated heterocycles. The molecule has 122 valence electrons. The summed E-state index contributed by atoms with van der Waals surface area (Å²) in [5.74, 6) is 1.75. The number of hydrogen-bond donors (Lipinski definition) is 0. The van der Waals surface area contributed by atoms with Gasteiger partial charge in [0.05, 0.1) is 0 Å². The maximum Gasteiger partial charge on any atom is 0.142 e. The maximum absolute atomic E-state index is 6.24. The minimum atomic E-state index is 0.863. The Labute approximate surface area is 145 Å². The predicted molar refractivity (Wildman–Crippen MR) is 106 cm³/mol. The van der Waals surface area contributed by atoms with E-state index < -0.39 is 0 Å². The van der Waals surface area contributed by atoms with Crippen LogP contribution in [0.25, 0.3) is 34.8 Å². The van der Waals surface area contributed by atoms with Gasteiger partial charge in [-0.3, -0.25) is 0 Å². The molecule has 3 aromatic rings. The Morgan fingerprint density at radius 1 is 0.750 bits per heavy atom. The molecule has 24 heavy (non-hydrogen) atoms. The number of allylic oxidation sites excluding steroid dienone is 1. The zero-order chi connectivity index (χ0) is 17.4. The Morgan fingerprint density at radius 2 is 1.21 bits per heavy atom. The van der Waals surface area contributed by atoms with Crippen molar-refractivity contribution in [3.63, 3.8) is 0 Å². The van der Waals surface area contributed by atoms with Crippen LogP contribution in [0.4, 0.5) is 0 Å². The Balaban J connectivity index is 0.00000100. The molecule has 0 spiro atoms. The van der Waals surface area contributed by atoms with Crippen LogP contribution in [0.2, 0.25) is 0 Å². The molecule has 3 rings (SSSR count). The summed E-state index contributed by atoms with van der Waals surface area (Å²) in [6.07, 6.45) is 5.97. The third kappa shape index (κ3) is 3.57. The lowest BCUT2D eigenvalue weighted by molar-refractivity contribution is 0.596. The van der Waals surface area contributed by atoms with Gasteiger partial charge in [-0.1, -0.05) is 99.3 Å². The quantitative estimate of drug-likeness (QED) is 0.491. The van der Waals surface area contributed by atoms with Crippen molar-refractivity contribution in [1.82, 2.24) is 0 Å². The van der Waals surface area contributed by atoms with E-state index in [1.165, 1.54) is 0 Å². The summed E-state index contributed by atoms with van der Waals surface area (Å²) >= 11 is 0. The van der Waals surface area contributed by atoms with Gasteiger partial charge in [0.1, 0.15) is 11.5 Å². The van der Waals surface area contributed by atoms with Gasteiger partial charge in [-0.2, -0.15) is 0 Å². The van der Waals surface area contributed by atoms with Crippen molar-refractivity contribution >= 4 is 12.2 Å². The molecule has 0 fully saturated rings. The highest BCUT2D eigenvalue weighted by molar-refractivity contribution is 5.85.